The number of carbonyl (C=O) groups excluding carboxylic acids is 1. The first-order valence-electron chi connectivity index (χ1n) is 7.99. The number of aliphatic imine (C=N–C) groups is 1. The maximum atomic E-state index is 13.1. The minimum atomic E-state index is -0.349. The number of halogens is 3. The second-order valence-electron chi connectivity index (χ2n) is 5.75. The van der Waals surface area contributed by atoms with E-state index in [0.717, 1.165) is 37.3 Å². The van der Waals surface area contributed by atoms with E-state index in [4.69, 9.17) is 11.6 Å². The molecule has 2 aromatic rings. The first kappa shape index (κ1) is 19.6. The van der Waals surface area contributed by atoms with Crippen LogP contribution in [0.2, 0.25) is 5.02 Å². The zero-order chi connectivity index (χ0) is 16.9. The Morgan fingerprint density at radius 1 is 1.08 bits per heavy atom. The van der Waals surface area contributed by atoms with Crippen molar-refractivity contribution in [1.29, 1.82) is 0 Å². The summed E-state index contributed by atoms with van der Waals surface area (Å²) in [6.45, 7) is 0.955. The summed E-state index contributed by atoms with van der Waals surface area (Å²) < 4.78 is 13.1. The van der Waals surface area contributed by atoms with E-state index in [-0.39, 0.29) is 35.1 Å². The standard InChI is InChI=1S/C19H18ClFN2O.BrH/c20-15-6-10-17(11-7-15)23(19-3-1-2-12-22-19)13-18(24)14-4-8-16(21)9-5-14;/h4-11H,1-3,12-13H2;1H. The van der Waals surface area contributed by atoms with Gasteiger partial charge in [0.05, 0.1) is 6.54 Å². The molecule has 0 radical (unpaired) electrons. The number of nitrogens with zero attached hydrogens (tertiary/aromatic N) is 2. The SMILES string of the molecule is Br.O=C(CN(C1=NCCCC1)c1ccc(Cl)cc1)c1ccc(F)cc1. The summed E-state index contributed by atoms with van der Waals surface area (Å²) in [6, 6.07) is 13.0. The van der Waals surface area contributed by atoms with Crippen LogP contribution in [0.15, 0.2) is 53.5 Å². The molecule has 25 heavy (non-hydrogen) atoms. The van der Waals surface area contributed by atoms with Gasteiger partial charge in [-0.05, 0) is 61.4 Å². The summed E-state index contributed by atoms with van der Waals surface area (Å²) >= 11 is 5.97. The maximum Gasteiger partial charge on any atom is 0.182 e. The average molecular weight is 426 g/mol. The molecular formula is C19H19BrClFN2O. The third-order valence-electron chi connectivity index (χ3n) is 4.02. The quantitative estimate of drug-likeness (QED) is 0.620. The Bertz CT molecular complexity index is 747. The van der Waals surface area contributed by atoms with Crippen LogP contribution in [-0.2, 0) is 0 Å². The lowest BCUT2D eigenvalue weighted by atomic mass is 10.1. The molecule has 0 unspecified atom stereocenters. The smallest absolute Gasteiger partial charge is 0.182 e. The zero-order valence-electron chi connectivity index (χ0n) is 13.6. The van der Waals surface area contributed by atoms with Gasteiger partial charge in [0.15, 0.2) is 5.78 Å². The van der Waals surface area contributed by atoms with Crippen molar-refractivity contribution in [2.75, 3.05) is 18.0 Å². The minimum Gasteiger partial charge on any atom is -0.322 e. The Morgan fingerprint density at radius 2 is 1.76 bits per heavy atom. The Balaban J connectivity index is 0.00000225. The molecule has 6 heteroatoms. The molecule has 3 rings (SSSR count). The third-order valence-corrected chi connectivity index (χ3v) is 4.27. The summed E-state index contributed by atoms with van der Waals surface area (Å²) in [5.74, 6) is 0.495. The fourth-order valence-electron chi connectivity index (χ4n) is 2.73. The summed E-state index contributed by atoms with van der Waals surface area (Å²) in [4.78, 5) is 19.1. The molecule has 1 aliphatic rings. The van der Waals surface area contributed by atoms with Crippen molar-refractivity contribution in [1.82, 2.24) is 0 Å². The summed E-state index contributed by atoms with van der Waals surface area (Å²) in [6.07, 6.45) is 2.98. The normalized spacial score (nSPS) is 13.6. The molecule has 3 nitrogen and oxygen atoms in total. The van der Waals surface area contributed by atoms with E-state index >= 15 is 0 Å². The summed E-state index contributed by atoms with van der Waals surface area (Å²) in [5.41, 5.74) is 1.38. The van der Waals surface area contributed by atoms with E-state index in [2.05, 4.69) is 4.99 Å². The highest BCUT2D eigenvalue weighted by Crippen LogP contribution is 2.22. The van der Waals surface area contributed by atoms with E-state index in [9.17, 15) is 9.18 Å². The van der Waals surface area contributed by atoms with E-state index in [1.54, 1.807) is 12.1 Å². The molecule has 0 atom stereocenters. The minimum absolute atomic E-state index is 0. The molecule has 2 aromatic carbocycles. The van der Waals surface area contributed by atoms with Crippen LogP contribution in [0.4, 0.5) is 10.1 Å². The molecule has 0 saturated carbocycles. The van der Waals surface area contributed by atoms with Crippen molar-refractivity contribution in [3.05, 3.63) is 64.9 Å². The molecule has 0 amide bonds. The monoisotopic (exact) mass is 424 g/mol. The van der Waals surface area contributed by atoms with Gasteiger partial charge in [-0.25, -0.2) is 4.39 Å². The predicted octanol–water partition coefficient (Wildman–Crippen LogP) is 5.33. The van der Waals surface area contributed by atoms with Crippen LogP contribution in [0.5, 0.6) is 0 Å². The van der Waals surface area contributed by atoms with Crippen LogP contribution >= 0.6 is 28.6 Å². The van der Waals surface area contributed by atoms with E-state index in [1.807, 2.05) is 17.0 Å². The van der Waals surface area contributed by atoms with Gasteiger partial charge in [-0.1, -0.05) is 11.6 Å². The Kier molecular flexibility index (Phi) is 7.14. The first-order valence-corrected chi connectivity index (χ1v) is 8.36. The van der Waals surface area contributed by atoms with Crippen LogP contribution in [0.25, 0.3) is 0 Å². The lowest BCUT2D eigenvalue weighted by Gasteiger charge is -2.28. The van der Waals surface area contributed by atoms with Crippen molar-refractivity contribution < 1.29 is 9.18 Å². The molecule has 0 aliphatic carbocycles. The van der Waals surface area contributed by atoms with Gasteiger partial charge in [0.2, 0.25) is 0 Å². The van der Waals surface area contributed by atoms with Crippen molar-refractivity contribution in [2.45, 2.75) is 19.3 Å². The highest BCUT2D eigenvalue weighted by Gasteiger charge is 2.20. The zero-order valence-corrected chi connectivity index (χ0v) is 16.1. The number of benzene rings is 2. The van der Waals surface area contributed by atoms with Crippen molar-refractivity contribution in [3.8, 4) is 0 Å². The van der Waals surface area contributed by atoms with E-state index < -0.39 is 0 Å². The largest absolute Gasteiger partial charge is 0.322 e. The average Bonchev–Trinajstić information content (AvgIpc) is 2.62. The van der Waals surface area contributed by atoms with Gasteiger partial charge >= 0.3 is 0 Å². The number of rotatable bonds is 4. The van der Waals surface area contributed by atoms with E-state index in [1.165, 1.54) is 24.3 Å². The lowest BCUT2D eigenvalue weighted by Crippen LogP contribution is -2.37. The molecule has 0 saturated heterocycles. The number of ketones is 1. The van der Waals surface area contributed by atoms with Gasteiger partial charge in [-0.15, -0.1) is 17.0 Å². The molecular weight excluding hydrogens is 407 g/mol. The molecule has 1 aliphatic heterocycles. The second-order valence-corrected chi connectivity index (χ2v) is 6.18. The van der Waals surface area contributed by atoms with Gasteiger partial charge in [0.25, 0.3) is 0 Å². The van der Waals surface area contributed by atoms with Gasteiger partial charge in [0, 0.05) is 29.2 Å². The highest BCUT2D eigenvalue weighted by atomic mass is 79.9. The van der Waals surface area contributed by atoms with Crippen LogP contribution in [0, 0.1) is 5.82 Å². The maximum absolute atomic E-state index is 13.1. The predicted molar refractivity (Wildman–Crippen MR) is 106 cm³/mol. The fraction of sp³-hybridized carbons (Fsp3) is 0.263. The molecule has 1 heterocycles. The number of carbonyl (C=O) groups is 1. The van der Waals surface area contributed by atoms with Crippen molar-refractivity contribution in [3.63, 3.8) is 0 Å². The topological polar surface area (TPSA) is 32.7 Å². The molecule has 132 valence electrons. The number of hydrogen-bond donors (Lipinski definition) is 0. The molecule has 0 spiro atoms. The fourth-order valence-corrected chi connectivity index (χ4v) is 2.85. The third kappa shape index (κ3) is 5.13. The second kappa shape index (κ2) is 9.11. The van der Waals surface area contributed by atoms with Gasteiger partial charge in [-0.2, -0.15) is 0 Å². The number of amidine groups is 1. The number of Topliss-reactive ketones (excluding diaryl/α,β-unsaturated/α-hetero) is 1. The number of hydrogen-bond acceptors (Lipinski definition) is 3. The van der Waals surface area contributed by atoms with Crippen molar-refractivity contribution in [2.24, 2.45) is 4.99 Å². The van der Waals surface area contributed by atoms with Gasteiger partial charge in [0.1, 0.15) is 11.7 Å². The highest BCUT2D eigenvalue weighted by molar-refractivity contribution is 8.93. The molecule has 0 N–H and O–H groups in total. The van der Waals surface area contributed by atoms with E-state index in [0.29, 0.717) is 10.6 Å². The van der Waals surface area contributed by atoms with Crippen LogP contribution in [0.1, 0.15) is 29.6 Å². The molecule has 0 aromatic heterocycles. The summed E-state index contributed by atoms with van der Waals surface area (Å²) in [7, 11) is 0. The lowest BCUT2D eigenvalue weighted by molar-refractivity contribution is 0.100. The molecule has 0 bridgehead atoms. The molecule has 0 fully saturated rings. The summed E-state index contributed by atoms with van der Waals surface area (Å²) in [5, 5.41) is 0.647. The van der Waals surface area contributed by atoms with Crippen LogP contribution in [-0.4, -0.2) is 24.7 Å². The Morgan fingerprint density at radius 3 is 2.36 bits per heavy atom. The van der Waals surface area contributed by atoms with Crippen LogP contribution < -0.4 is 4.90 Å². The first-order chi connectivity index (χ1) is 11.6. The van der Waals surface area contributed by atoms with Crippen molar-refractivity contribution >= 4 is 45.9 Å². The van der Waals surface area contributed by atoms with Gasteiger partial charge in [-0.3, -0.25) is 9.79 Å². The Hall–Kier alpha value is -1.72. The van der Waals surface area contributed by atoms with Gasteiger partial charge < -0.3 is 4.90 Å². The number of anilines is 1. The Labute approximate surface area is 162 Å². The van der Waals surface area contributed by atoms with Crippen LogP contribution in [0.3, 0.4) is 0 Å².